The summed E-state index contributed by atoms with van der Waals surface area (Å²) >= 11 is 0. The lowest BCUT2D eigenvalue weighted by molar-refractivity contribution is -0.155. The molecule has 1 rings (SSSR count). The molecule has 1 aromatic carbocycles. The van der Waals surface area contributed by atoms with Crippen LogP contribution in [0.25, 0.3) is 0 Å². The third-order valence-electron chi connectivity index (χ3n) is 2.91. The van der Waals surface area contributed by atoms with Gasteiger partial charge in [-0.1, -0.05) is 30.3 Å². The molecule has 1 unspecified atom stereocenters. The standard InChI is InChI=1S/C14H21NO6S/c1-14(18,13(16)17)11-15-22(19,20)9-5-8-21-10-12-6-3-2-4-7-12/h2-4,6-7,15,18H,5,8-11H2,1H3,(H,16,17). The molecule has 0 spiro atoms. The molecule has 0 heterocycles. The van der Waals surface area contributed by atoms with Crippen molar-refractivity contribution < 1.29 is 28.2 Å². The molecule has 0 bridgehead atoms. The topological polar surface area (TPSA) is 113 Å². The summed E-state index contributed by atoms with van der Waals surface area (Å²) in [5.41, 5.74) is -1.13. The molecule has 7 nitrogen and oxygen atoms in total. The third kappa shape index (κ3) is 6.99. The van der Waals surface area contributed by atoms with Crippen molar-refractivity contribution in [3.63, 3.8) is 0 Å². The van der Waals surface area contributed by atoms with Gasteiger partial charge in [-0.05, 0) is 18.9 Å². The van der Waals surface area contributed by atoms with Gasteiger partial charge in [0.15, 0.2) is 5.60 Å². The normalized spacial score (nSPS) is 14.5. The summed E-state index contributed by atoms with van der Waals surface area (Å²) in [6.07, 6.45) is 0.275. The Bertz CT molecular complexity index is 570. The molecule has 1 aromatic rings. The highest BCUT2D eigenvalue weighted by Crippen LogP contribution is 2.04. The van der Waals surface area contributed by atoms with Crippen molar-refractivity contribution in [2.75, 3.05) is 18.9 Å². The van der Waals surface area contributed by atoms with E-state index in [1.165, 1.54) is 0 Å². The van der Waals surface area contributed by atoms with E-state index >= 15 is 0 Å². The van der Waals surface area contributed by atoms with Gasteiger partial charge < -0.3 is 14.9 Å². The maximum Gasteiger partial charge on any atom is 0.336 e. The van der Waals surface area contributed by atoms with Crippen LogP contribution in [0.3, 0.4) is 0 Å². The number of carboxylic acids is 1. The lowest BCUT2D eigenvalue weighted by atomic mass is 10.1. The smallest absolute Gasteiger partial charge is 0.336 e. The summed E-state index contributed by atoms with van der Waals surface area (Å²) in [5.74, 6) is -1.68. The highest BCUT2D eigenvalue weighted by molar-refractivity contribution is 7.89. The van der Waals surface area contributed by atoms with E-state index in [9.17, 15) is 18.3 Å². The van der Waals surface area contributed by atoms with Crippen LogP contribution in [0.15, 0.2) is 30.3 Å². The van der Waals surface area contributed by atoms with Crippen LogP contribution in [0.1, 0.15) is 18.9 Å². The third-order valence-corrected chi connectivity index (χ3v) is 4.32. The number of hydrogen-bond donors (Lipinski definition) is 3. The zero-order valence-electron chi connectivity index (χ0n) is 12.4. The first-order valence-electron chi connectivity index (χ1n) is 6.78. The van der Waals surface area contributed by atoms with Crippen LogP contribution in [-0.4, -0.2) is 49.1 Å². The van der Waals surface area contributed by atoms with Crippen molar-refractivity contribution in [2.24, 2.45) is 0 Å². The molecule has 3 N–H and O–H groups in total. The minimum atomic E-state index is -3.65. The van der Waals surface area contributed by atoms with Crippen molar-refractivity contribution in [2.45, 2.75) is 25.6 Å². The van der Waals surface area contributed by atoms with E-state index in [-0.39, 0.29) is 18.8 Å². The highest BCUT2D eigenvalue weighted by atomic mass is 32.2. The van der Waals surface area contributed by atoms with Gasteiger partial charge in [0.1, 0.15) is 0 Å². The number of ether oxygens (including phenoxy) is 1. The predicted molar refractivity (Wildman–Crippen MR) is 80.8 cm³/mol. The quantitative estimate of drug-likeness (QED) is 0.533. The van der Waals surface area contributed by atoms with Crippen LogP contribution in [0.4, 0.5) is 0 Å². The largest absolute Gasteiger partial charge is 0.479 e. The van der Waals surface area contributed by atoms with Gasteiger partial charge >= 0.3 is 5.97 Å². The number of aliphatic carboxylic acids is 1. The van der Waals surface area contributed by atoms with Gasteiger partial charge in [-0.2, -0.15) is 0 Å². The van der Waals surface area contributed by atoms with Crippen LogP contribution in [0, 0.1) is 0 Å². The molecule has 0 fully saturated rings. The monoisotopic (exact) mass is 331 g/mol. The lowest BCUT2D eigenvalue weighted by Crippen LogP contribution is -2.47. The second-order valence-corrected chi connectivity index (χ2v) is 7.04. The Kier molecular flexibility index (Phi) is 6.95. The van der Waals surface area contributed by atoms with E-state index in [2.05, 4.69) is 4.72 Å². The van der Waals surface area contributed by atoms with Crippen LogP contribution in [-0.2, 0) is 26.2 Å². The minimum Gasteiger partial charge on any atom is -0.479 e. The predicted octanol–water partition coefficient (Wildman–Crippen LogP) is 0.348. The molecule has 0 aromatic heterocycles. The number of sulfonamides is 1. The van der Waals surface area contributed by atoms with Crippen LogP contribution < -0.4 is 4.72 Å². The van der Waals surface area contributed by atoms with Crippen molar-refractivity contribution in [1.29, 1.82) is 0 Å². The molecule has 8 heteroatoms. The van der Waals surface area contributed by atoms with Crippen molar-refractivity contribution in [3.8, 4) is 0 Å². The van der Waals surface area contributed by atoms with Gasteiger partial charge in [0.2, 0.25) is 10.0 Å². The first kappa shape index (κ1) is 18.6. The number of aliphatic hydroxyl groups is 1. The van der Waals surface area contributed by atoms with Crippen molar-refractivity contribution in [1.82, 2.24) is 4.72 Å². The minimum absolute atomic E-state index is 0.197. The Labute approximate surface area is 130 Å². The Hall–Kier alpha value is -1.48. The molecule has 0 aliphatic carbocycles. The second-order valence-electron chi connectivity index (χ2n) is 5.11. The van der Waals surface area contributed by atoms with Gasteiger partial charge in [-0.25, -0.2) is 17.9 Å². The summed E-state index contributed by atoms with van der Waals surface area (Å²) in [6.45, 7) is 1.13. The van der Waals surface area contributed by atoms with E-state index in [1.54, 1.807) is 0 Å². The summed E-state index contributed by atoms with van der Waals surface area (Å²) in [4.78, 5) is 10.7. The molecule has 1 atom stereocenters. The fourth-order valence-electron chi connectivity index (χ4n) is 1.51. The summed E-state index contributed by atoms with van der Waals surface area (Å²) in [7, 11) is -3.65. The van der Waals surface area contributed by atoms with Crippen LogP contribution in [0.2, 0.25) is 0 Å². The molecule has 0 saturated carbocycles. The SMILES string of the molecule is CC(O)(CNS(=O)(=O)CCCOCc1ccccc1)C(=O)O. The van der Waals surface area contributed by atoms with Gasteiger partial charge in [0.05, 0.1) is 12.4 Å². The van der Waals surface area contributed by atoms with Crippen LogP contribution in [0.5, 0.6) is 0 Å². The number of rotatable bonds is 10. The number of carbonyl (C=O) groups is 1. The molecule has 0 saturated heterocycles. The number of nitrogens with one attached hydrogen (secondary N) is 1. The molecular weight excluding hydrogens is 310 g/mol. The maximum absolute atomic E-state index is 11.7. The molecule has 0 aliphatic heterocycles. The molecule has 0 amide bonds. The van der Waals surface area contributed by atoms with E-state index in [1.807, 2.05) is 30.3 Å². The molecule has 0 radical (unpaired) electrons. The van der Waals surface area contributed by atoms with E-state index < -0.39 is 28.1 Å². The Morgan fingerprint density at radius 3 is 2.55 bits per heavy atom. The van der Waals surface area contributed by atoms with Gasteiger partial charge in [-0.15, -0.1) is 0 Å². The van der Waals surface area contributed by atoms with Gasteiger partial charge in [0, 0.05) is 13.2 Å². The van der Waals surface area contributed by atoms with Crippen molar-refractivity contribution in [3.05, 3.63) is 35.9 Å². The van der Waals surface area contributed by atoms with Gasteiger partial charge in [0.25, 0.3) is 0 Å². The summed E-state index contributed by atoms with van der Waals surface area (Å²) in [5, 5.41) is 18.1. The molecule has 124 valence electrons. The Balaban J connectivity index is 2.24. The van der Waals surface area contributed by atoms with E-state index in [0.29, 0.717) is 6.61 Å². The van der Waals surface area contributed by atoms with Crippen molar-refractivity contribution >= 4 is 16.0 Å². The second kappa shape index (κ2) is 8.23. The summed E-state index contributed by atoms with van der Waals surface area (Å²) < 4.78 is 30.8. The number of benzene rings is 1. The molecule has 22 heavy (non-hydrogen) atoms. The summed E-state index contributed by atoms with van der Waals surface area (Å²) in [6, 6.07) is 9.50. The van der Waals surface area contributed by atoms with E-state index in [0.717, 1.165) is 12.5 Å². The Morgan fingerprint density at radius 1 is 1.32 bits per heavy atom. The molecular formula is C14H21NO6S. The zero-order valence-corrected chi connectivity index (χ0v) is 13.2. The zero-order chi connectivity index (χ0) is 16.6. The number of hydrogen-bond acceptors (Lipinski definition) is 5. The fraction of sp³-hybridized carbons (Fsp3) is 0.500. The average Bonchev–Trinajstić information content (AvgIpc) is 2.46. The average molecular weight is 331 g/mol. The molecule has 0 aliphatic rings. The first-order valence-corrected chi connectivity index (χ1v) is 8.43. The van der Waals surface area contributed by atoms with E-state index in [4.69, 9.17) is 9.84 Å². The first-order chi connectivity index (χ1) is 10.2. The highest BCUT2D eigenvalue weighted by Gasteiger charge is 2.31. The maximum atomic E-state index is 11.7. The lowest BCUT2D eigenvalue weighted by Gasteiger charge is -2.18. The van der Waals surface area contributed by atoms with Gasteiger partial charge in [-0.3, -0.25) is 0 Å². The van der Waals surface area contributed by atoms with Crippen LogP contribution >= 0.6 is 0 Å². The Morgan fingerprint density at radius 2 is 1.95 bits per heavy atom. The number of carboxylic acid groups (broad SMARTS) is 1. The fourth-order valence-corrected chi connectivity index (χ4v) is 2.66.